The number of nitrogens with one attached hydrogen (secondary N) is 1. The van der Waals surface area contributed by atoms with Crippen LogP contribution in [0.1, 0.15) is 12.5 Å². The molecule has 0 radical (unpaired) electrons. The van der Waals surface area contributed by atoms with Crippen LogP contribution in [-0.2, 0) is 20.7 Å². The van der Waals surface area contributed by atoms with Gasteiger partial charge in [-0.05, 0) is 30.7 Å². The van der Waals surface area contributed by atoms with Gasteiger partial charge in [0, 0.05) is 6.07 Å². The lowest BCUT2D eigenvalue weighted by atomic mass is 10.1. The summed E-state index contributed by atoms with van der Waals surface area (Å²) < 4.78 is 10.1. The zero-order valence-corrected chi connectivity index (χ0v) is 14.3. The molecule has 0 aromatic heterocycles. The largest absolute Gasteiger partial charge is 0.497 e. The third-order valence-electron chi connectivity index (χ3n) is 3.54. The number of ether oxygens (including phenoxy) is 2. The summed E-state index contributed by atoms with van der Waals surface area (Å²) in [6.07, 6.45) is -1.10. The van der Waals surface area contributed by atoms with Gasteiger partial charge in [-0.2, -0.15) is 0 Å². The van der Waals surface area contributed by atoms with Gasteiger partial charge in [0.2, 0.25) is 0 Å². The van der Waals surface area contributed by atoms with E-state index in [9.17, 15) is 19.7 Å². The molecule has 0 saturated carbocycles. The molecular weight excluding hydrogens is 340 g/mol. The average Bonchev–Trinajstić information content (AvgIpc) is 2.62. The Bertz CT molecular complexity index is 804. The van der Waals surface area contributed by atoms with E-state index < -0.39 is 22.9 Å². The minimum Gasteiger partial charge on any atom is -0.497 e. The molecule has 26 heavy (non-hydrogen) atoms. The Hall–Kier alpha value is -3.42. The van der Waals surface area contributed by atoms with Gasteiger partial charge in [-0.3, -0.25) is 19.7 Å². The molecule has 2 aromatic carbocycles. The van der Waals surface area contributed by atoms with Crippen LogP contribution in [0.15, 0.2) is 48.5 Å². The molecule has 0 bridgehead atoms. The van der Waals surface area contributed by atoms with Crippen LogP contribution in [0.5, 0.6) is 5.75 Å². The number of para-hydroxylation sites is 2. The molecule has 1 unspecified atom stereocenters. The highest BCUT2D eigenvalue weighted by atomic mass is 16.6. The average molecular weight is 358 g/mol. The molecule has 2 rings (SSSR count). The Morgan fingerprint density at radius 1 is 1.15 bits per heavy atom. The van der Waals surface area contributed by atoms with Crippen LogP contribution in [-0.4, -0.2) is 30.0 Å². The van der Waals surface area contributed by atoms with Gasteiger partial charge in [0.25, 0.3) is 11.6 Å². The van der Waals surface area contributed by atoms with Crippen molar-refractivity contribution in [3.05, 3.63) is 64.2 Å². The van der Waals surface area contributed by atoms with Gasteiger partial charge in [-0.1, -0.05) is 24.3 Å². The number of amides is 1. The molecular formula is C18H18N2O6. The van der Waals surface area contributed by atoms with Gasteiger partial charge in [-0.25, -0.2) is 0 Å². The number of nitro benzene ring substituents is 1. The first-order chi connectivity index (χ1) is 12.4. The summed E-state index contributed by atoms with van der Waals surface area (Å²) in [5.41, 5.74) is 0.514. The van der Waals surface area contributed by atoms with E-state index in [0.29, 0.717) is 11.3 Å². The van der Waals surface area contributed by atoms with Crippen molar-refractivity contribution in [3.8, 4) is 5.75 Å². The highest BCUT2D eigenvalue weighted by Gasteiger charge is 2.21. The third-order valence-corrected chi connectivity index (χ3v) is 3.54. The lowest BCUT2D eigenvalue weighted by Crippen LogP contribution is -2.30. The number of methoxy groups -OCH3 is 1. The molecule has 0 heterocycles. The van der Waals surface area contributed by atoms with E-state index in [0.717, 1.165) is 0 Å². The van der Waals surface area contributed by atoms with Crippen molar-refractivity contribution in [2.75, 3.05) is 12.4 Å². The van der Waals surface area contributed by atoms with E-state index in [1.54, 1.807) is 37.4 Å². The van der Waals surface area contributed by atoms with Crippen LogP contribution in [0.3, 0.4) is 0 Å². The van der Waals surface area contributed by atoms with E-state index in [4.69, 9.17) is 9.47 Å². The van der Waals surface area contributed by atoms with Gasteiger partial charge in [0.1, 0.15) is 11.4 Å². The Balaban J connectivity index is 1.94. The summed E-state index contributed by atoms with van der Waals surface area (Å²) in [4.78, 5) is 34.5. The van der Waals surface area contributed by atoms with Gasteiger partial charge >= 0.3 is 5.97 Å². The van der Waals surface area contributed by atoms with Crippen molar-refractivity contribution in [2.24, 2.45) is 0 Å². The number of carbonyl (C=O) groups excluding carboxylic acids is 2. The highest BCUT2D eigenvalue weighted by molar-refractivity contribution is 5.96. The van der Waals surface area contributed by atoms with Crippen LogP contribution >= 0.6 is 0 Å². The molecule has 0 aliphatic heterocycles. The Labute approximate surface area is 149 Å². The van der Waals surface area contributed by atoms with Crippen molar-refractivity contribution < 1.29 is 24.0 Å². The molecule has 8 heteroatoms. The minimum atomic E-state index is -1.10. The van der Waals surface area contributed by atoms with E-state index in [1.807, 2.05) is 0 Å². The van der Waals surface area contributed by atoms with E-state index in [2.05, 4.69) is 5.32 Å². The van der Waals surface area contributed by atoms with Gasteiger partial charge in [0.05, 0.1) is 18.5 Å². The molecule has 0 aliphatic carbocycles. The Morgan fingerprint density at radius 3 is 2.42 bits per heavy atom. The molecule has 1 atom stereocenters. The maximum absolute atomic E-state index is 12.1. The number of anilines is 1. The second kappa shape index (κ2) is 8.61. The van der Waals surface area contributed by atoms with Crippen LogP contribution in [0.25, 0.3) is 0 Å². The predicted molar refractivity (Wildman–Crippen MR) is 94.0 cm³/mol. The Kier molecular flexibility index (Phi) is 6.26. The number of nitro groups is 1. The smallest absolute Gasteiger partial charge is 0.311 e. The number of rotatable bonds is 7. The number of hydrogen-bond acceptors (Lipinski definition) is 6. The van der Waals surface area contributed by atoms with Crippen molar-refractivity contribution in [1.82, 2.24) is 0 Å². The highest BCUT2D eigenvalue weighted by Crippen LogP contribution is 2.23. The number of carbonyl (C=O) groups is 2. The summed E-state index contributed by atoms with van der Waals surface area (Å²) >= 11 is 0. The van der Waals surface area contributed by atoms with Crippen LogP contribution in [0, 0.1) is 10.1 Å². The van der Waals surface area contributed by atoms with Gasteiger partial charge < -0.3 is 14.8 Å². The number of hydrogen-bond donors (Lipinski definition) is 1. The monoisotopic (exact) mass is 358 g/mol. The zero-order valence-electron chi connectivity index (χ0n) is 14.3. The summed E-state index contributed by atoms with van der Waals surface area (Å²) in [6, 6.07) is 12.6. The molecule has 1 amide bonds. The number of benzene rings is 2. The lowest BCUT2D eigenvalue weighted by Gasteiger charge is -2.13. The van der Waals surface area contributed by atoms with E-state index >= 15 is 0 Å². The fourth-order valence-electron chi connectivity index (χ4n) is 2.18. The molecule has 0 saturated heterocycles. The molecule has 2 aromatic rings. The van der Waals surface area contributed by atoms with Crippen molar-refractivity contribution >= 4 is 23.3 Å². The second-order valence-corrected chi connectivity index (χ2v) is 5.42. The van der Waals surface area contributed by atoms with Gasteiger partial charge in [0.15, 0.2) is 6.10 Å². The topological polar surface area (TPSA) is 108 Å². The molecule has 0 aliphatic rings. The number of esters is 1. The Morgan fingerprint density at radius 2 is 1.81 bits per heavy atom. The summed E-state index contributed by atoms with van der Waals surface area (Å²) in [6.45, 7) is 1.40. The molecule has 0 spiro atoms. The van der Waals surface area contributed by atoms with Gasteiger partial charge in [-0.15, -0.1) is 0 Å². The standard InChI is InChI=1S/C18H18N2O6/c1-12(18(22)19-15-5-3-4-6-16(15)20(23)24)26-17(21)11-13-7-9-14(25-2)10-8-13/h3-10,12H,11H2,1-2H3,(H,19,22). The number of nitrogens with zero attached hydrogens (tertiary/aromatic N) is 1. The maximum Gasteiger partial charge on any atom is 0.311 e. The van der Waals surface area contributed by atoms with Crippen molar-refractivity contribution in [3.63, 3.8) is 0 Å². The molecule has 1 N–H and O–H groups in total. The van der Waals surface area contributed by atoms with Crippen LogP contribution in [0.2, 0.25) is 0 Å². The molecule has 136 valence electrons. The normalized spacial score (nSPS) is 11.3. The SMILES string of the molecule is COc1ccc(CC(=O)OC(C)C(=O)Nc2ccccc2[N+](=O)[O-])cc1. The fraction of sp³-hybridized carbons (Fsp3) is 0.222. The fourth-order valence-corrected chi connectivity index (χ4v) is 2.18. The first kappa shape index (κ1) is 18.9. The van der Waals surface area contributed by atoms with E-state index in [-0.39, 0.29) is 17.8 Å². The maximum atomic E-state index is 12.1. The summed E-state index contributed by atoms with van der Waals surface area (Å²) in [5, 5.41) is 13.4. The third kappa shape index (κ3) is 5.04. The van der Waals surface area contributed by atoms with Crippen molar-refractivity contribution in [2.45, 2.75) is 19.4 Å². The van der Waals surface area contributed by atoms with Crippen molar-refractivity contribution in [1.29, 1.82) is 0 Å². The van der Waals surface area contributed by atoms with Crippen LogP contribution in [0.4, 0.5) is 11.4 Å². The zero-order chi connectivity index (χ0) is 19.1. The second-order valence-electron chi connectivity index (χ2n) is 5.42. The summed E-state index contributed by atoms with van der Waals surface area (Å²) in [5.74, 6) is -0.568. The quantitative estimate of drug-likeness (QED) is 0.463. The lowest BCUT2D eigenvalue weighted by molar-refractivity contribution is -0.383. The summed E-state index contributed by atoms with van der Waals surface area (Å²) in [7, 11) is 1.54. The first-order valence-corrected chi connectivity index (χ1v) is 7.77. The van der Waals surface area contributed by atoms with Crippen LogP contribution < -0.4 is 10.1 Å². The van der Waals surface area contributed by atoms with E-state index in [1.165, 1.54) is 25.1 Å². The predicted octanol–water partition coefficient (Wildman–Crippen LogP) is 2.72. The molecule has 8 nitrogen and oxygen atoms in total. The first-order valence-electron chi connectivity index (χ1n) is 7.77. The molecule has 0 fully saturated rings. The minimum absolute atomic E-state index is 0.00685.